The summed E-state index contributed by atoms with van der Waals surface area (Å²) in [5.74, 6) is -0.00697. The molecule has 0 saturated heterocycles. The molecule has 0 aromatic heterocycles. The first-order valence-corrected chi connectivity index (χ1v) is 7.57. The van der Waals surface area contributed by atoms with Crippen LogP contribution in [0, 0.1) is 5.41 Å². The van der Waals surface area contributed by atoms with Gasteiger partial charge in [0.2, 0.25) is 0 Å². The molecular weight excluding hydrogens is 264 g/mol. The third-order valence-corrected chi connectivity index (χ3v) is 4.34. The SMILES string of the molecule is CC(=O)c1cccc(NC(=O)NC2CCCCC2(C)C)c1. The number of rotatable bonds is 3. The third-order valence-electron chi connectivity index (χ3n) is 4.34. The van der Waals surface area contributed by atoms with Gasteiger partial charge in [-0.05, 0) is 37.3 Å². The lowest BCUT2D eigenvalue weighted by Crippen LogP contribution is -2.48. The van der Waals surface area contributed by atoms with E-state index in [2.05, 4.69) is 24.5 Å². The first kappa shape index (κ1) is 15.5. The maximum Gasteiger partial charge on any atom is 0.319 e. The number of Topliss-reactive ketones (excluding diaryl/α,β-unsaturated/α-hetero) is 1. The van der Waals surface area contributed by atoms with Gasteiger partial charge in [-0.15, -0.1) is 0 Å². The topological polar surface area (TPSA) is 58.2 Å². The number of carbonyl (C=O) groups excluding carboxylic acids is 2. The molecule has 1 atom stereocenters. The van der Waals surface area contributed by atoms with Crippen molar-refractivity contribution >= 4 is 17.5 Å². The van der Waals surface area contributed by atoms with Crippen molar-refractivity contribution in [2.75, 3.05) is 5.32 Å². The highest BCUT2D eigenvalue weighted by molar-refractivity contribution is 5.96. The van der Waals surface area contributed by atoms with Crippen molar-refractivity contribution in [3.05, 3.63) is 29.8 Å². The van der Waals surface area contributed by atoms with E-state index in [0.29, 0.717) is 11.3 Å². The molecule has 1 fully saturated rings. The largest absolute Gasteiger partial charge is 0.335 e. The second kappa shape index (κ2) is 6.29. The Balaban J connectivity index is 1.98. The fourth-order valence-electron chi connectivity index (χ4n) is 2.90. The van der Waals surface area contributed by atoms with Crippen LogP contribution in [-0.2, 0) is 0 Å². The van der Waals surface area contributed by atoms with Crippen LogP contribution in [0.1, 0.15) is 56.8 Å². The molecule has 1 aromatic carbocycles. The summed E-state index contributed by atoms with van der Waals surface area (Å²) in [4.78, 5) is 23.5. The molecule has 0 spiro atoms. The van der Waals surface area contributed by atoms with Gasteiger partial charge in [-0.25, -0.2) is 4.79 Å². The average Bonchev–Trinajstić information content (AvgIpc) is 2.41. The van der Waals surface area contributed by atoms with Crippen molar-refractivity contribution in [3.8, 4) is 0 Å². The summed E-state index contributed by atoms with van der Waals surface area (Å²) in [7, 11) is 0. The predicted molar refractivity (Wildman–Crippen MR) is 84.6 cm³/mol. The summed E-state index contributed by atoms with van der Waals surface area (Å²) in [6.07, 6.45) is 4.55. The number of nitrogens with one attached hydrogen (secondary N) is 2. The van der Waals surface area contributed by atoms with E-state index >= 15 is 0 Å². The molecule has 1 saturated carbocycles. The summed E-state index contributed by atoms with van der Waals surface area (Å²) in [6.45, 7) is 5.92. The van der Waals surface area contributed by atoms with Crippen molar-refractivity contribution < 1.29 is 9.59 Å². The molecule has 0 aliphatic heterocycles. The minimum atomic E-state index is -0.198. The second-order valence-corrected chi connectivity index (χ2v) is 6.52. The van der Waals surface area contributed by atoms with Gasteiger partial charge in [0.05, 0.1) is 0 Å². The number of hydrogen-bond donors (Lipinski definition) is 2. The molecule has 2 rings (SSSR count). The Hall–Kier alpha value is -1.84. The molecule has 2 amide bonds. The Labute approximate surface area is 126 Å². The highest BCUT2D eigenvalue weighted by atomic mass is 16.2. The Kier molecular flexibility index (Phi) is 4.66. The lowest BCUT2D eigenvalue weighted by molar-refractivity contribution is 0.101. The predicted octanol–water partition coefficient (Wildman–Crippen LogP) is 3.98. The van der Waals surface area contributed by atoms with E-state index < -0.39 is 0 Å². The summed E-state index contributed by atoms with van der Waals surface area (Å²) in [6, 6.07) is 7.01. The molecule has 0 heterocycles. The Morgan fingerprint density at radius 2 is 2.00 bits per heavy atom. The van der Waals surface area contributed by atoms with E-state index in [4.69, 9.17) is 0 Å². The molecule has 1 aromatic rings. The summed E-state index contributed by atoms with van der Waals surface area (Å²) in [5, 5.41) is 5.89. The highest BCUT2D eigenvalue weighted by Gasteiger charge is 2.33. The summed E-state index contributed by atoms with van der Waals surface area (Å²) < 4.78 is 0. The van der Waals surface area contributed by atoms with Gasteiger partial charge in [0, 0.05) is 17.3 Å². The van der Waals surface area contributed by atoms with Gasteiger partial charge in [-0.3, -0.25) is 4.79 Å². The number of carbonyl (C=O) groups is 2. The van der Waals surface area contributed by atoms with E-state index in [-0.39, 0.29) is 23.3 Å². The molecule has 2 N–H and O–H groups in total. The van der Waals surface area contributed by atoms with Crippen LogP contribution in [0.5, 0.6) is 0 Å². The summed E-state index contributed by atoms with van der Waals surface area (Å²) >= 11 is 0. The Morgan fingerprint density at radius 3 is 2.67 bits per heavy atom. The minimum absolute atomic E-state index is 0.00697. The first-order valence-electron chi connectivity index (χ1n) is 7.57. The average molecular weight is 288 g/mol. The molecule has 21 heavy (non-hydrogen) atoms. The van der Waals surface area contributed by atoms with E-state index in [9.17, 15) is 9.59 Å². The van der Waals surface area contributed by atoms with Gasteiger partial charge in [-0.2, -0.15) is 0 Å². The maximum atomic E-state index is 12.1. The van der Waals surface area contributed by atoms with Crippen LogP contribution in [-0.4, -0.2) is 17.9 Å². The quantitative estimate of drug-likeness (QED) is 0.826. The molecule has 114 valence electrons. The van der Waals surface area contributed by atoms with Gasteiger partial charge in [-0.1, -0.05) is 38.8 Å². The molecule has 1 aliphatic rings. The number of urea groups is 1. The van der Waals surface area contributed by atoms with Crippen molar-refractivity contribution in [2.24, 2.45) is 5.41 Å². The van der Waals surface area contributed by atoms with Crippen molar-refractivity contribution in [1.82, 2.24) is 5.32 Å². The van der Waals surface area contributed by atoms with E-state index in [1.54, 1.807) is 24.3 Å². The van der Waals surface area contributed by atoms with Crippen molar-refractivity contribution in [3.63, 3.8) is 0 Å². The molecule has 1 unspecified atom stereocenters. The number of anilines is 1. The van der Waals surface area contributed by atoms with Crippen molar-refractivity contribution in [1.29, 1.82) is 0 Å². The zero-order valence-electron chi connectivity index (χ0n) is 13.0. The van der Waals surface area contributed by atoms with Gasteiger partial charge < -0.3 is 10.6 Å². The Morgan fingerprint density at radius 1 is 1.24 bits per heavy atom. The molecule has 1 aliphatic carbocycles. The molecule has 0 bridgehead atoms. The fourth-order valence-corrected chi connectivity index (χ4v) is 2.90. The zero-order valence-corrected chi connectivity index (χ0v) is 13.0. The van der Waals surface area contributed by atoms with Crippen LogP contribution in [0.25, 0.3) is 0 Å². The van der Waals surface area contributed by atoms with Gasteiger partial charge in [0.25, 0.3) is 0 Å². The lowest BCUT2D eigenvalue weighted by Gasteiger charge is -2.38. The zero-order chi connectivity index (χ0) is 15.5. The fraction of sp³-hybridized carbons (Fsp3) is 0.529. The molecule has 4 heteroatoms. The number of benzene rings is 1. The van der Waals surface area contributed by atoms with Crippen molar-refractivity contribution in [2.45, 2.75) is 52.5 Å². The second-order valence-electron chi connectivity index (χ2n) is 6.52. The third kappa shape index (κ3) is 4.06. The molecule has 4 nitrogen and oxygen atoms in total. The maximum absolute atomic E-state index is 12.1. The van der Waals surface area contributed by atoms with Crippen LogP contribution >= 0.6 is 0 Å². The van der Waals surface area contributed by atoms with Gasteiger partial charge in [0.15, 0.2) is 5.78 Å². The monoisotopic (exact) mass is 288 g/mol. The van der Waals surface area contributed by atoms with E-state index in [1.807, 2.05) is 0 Å². The normalized spacial score (nSPS) is 20.6. The summed E-state index contributed by atoms with van der Waals surface area (Å²) in [5.41, 5.74) is 1.39. The van der Waals surface area contributed by atoms with E-state index in [1.165, 1.54) is 13.3 Å². The standard InChI is InChI=1S/C17H24N2O2/c1-12(20)13-7-6-8-14(11-13)18-16(21)19-15-9-4-5-10-17(15,2)3/h6-8,11,15H,4-5,9-10H2,1-3H3,(H2,18,19,21). The first-order chi connectivity index (χ1) is 9.88. The number of ketones is 1. The lowest BCUT2D eigenvalue weighted by atomic mass is 9.73. The van der Waals surface area contributed by atoms with Crippen LogP contribution in [0.4, 0.5) is 10.5 Å². The smallest absolute Gasteiger partial charge is 0.319 e. The van der Waals surface area contributed by atoms with Crippen LogP contribution in [0.3, 0.4) is 0 Å². The van der Waals surface area contributed by atoms with Gasteiger partial charge >= 0.3 is 6.03 Å². The highest BCUT2D eigenvalue weighted by Crippen LogP contribution is 2.35. The molecular formula is C17H24N2O2. The van der Waals surface area contributed by atoms with Crippen LogP contribution < -0.4 is 10.6 Å². The molecule has 0 radical (unpaired) electrons. The van der Waals surface area contributed by atoms with Gasteiger partial charge in [0.1, 0.15) is 0 Å². The minimum Gasteiger partial charge on any atom is -0.335 e. The number of amides is 2. The van der Waals surface area contributed by atoms with E-state index in [0.717, 1.165) is 19.3 Å². The van der Waals surface area contributed by atoms with Crippen LogP contribution in [0.2, 0.25) is 0 Å². The van der Waals surface area contributed by atoms with Crippen LogP contribution in [0.15, 0.2) is 24.3 Å². The Bertz CT molecular complexity index is 537. The number of hydrogen-bond acceptors (Lipinski definition) is 2.